The van der Waals surface area contributed by atoms with Gasteiger partial charge in [0.2, 0.25) is 0 Å². The van der Waals surface area contributed by atoms with Gasteiger partial charge in [0, 0.05) is 18.9 Å². The van der Waals surface area contributed by atoms with Crippen LogP contribution in [0.15, 0.2) is 53.7 Å². The highest BCUT2D eigenvalue weighted by Gasteiger charge is 2.31. The Balaban J connectivity index is 1.56. The van der Waals surface area contributed by atoms with Crippen LogP contribution in [0.25, 0.3) is 0 Å². The average molecular weight is 389 g/mol. The highest BCUT2D eigenvalue weighted by atomic mass is 32.2. The summed E-state index contributed by atoms with van der Waals surface area (Å²) in [5.41, 5.74) is 1.21. The Bertz CT molecular complexity index is 799. The van der Waals surface area contributed by atoms with E-state index in [0.29, 0.717) is 24.3 Å². The summed E-state index contributed by atoms with van der Waals surface area (Å²) in [5.74, 6) is 0.731. The quantitative estimate of drug-likeness (QED) is 0.646. The van der Waals surface area contributed by atoms with Crippen LogP contribution in [0.5, 0.6) is 5.75 Å². The van der Waals surface area contributed by atoms with Gasteiger partial charge in [-0.25, -0.2) is 8.42 Å². The fourth-order valence-corrected chi connectivity index (χ4v) is 5.11. The number of piperidine rings is 1. The standard InChI is InChI=1S/C21H28N2O3S/c1-2-3-16-26-19-4-6-20(7-5-19)27(24,25)21-10-14-23(15-11-21)17-18-8-12-22-13-9-18/h4-9,12-13,21H,2-3,10-11,14-17H2,1H3. The lowest BCUT2D eigenvalue weighted by molar-refractivity contribution is 0.222. The number of ether oxygens (including phenoxy) is 1. The summed E-state index contributed by atoms with van der Waals surface area (Å²) in [6.45, 7) is 5.22. The van der Waals surface area contributed by atoms with Crippen LogP contribution in [-0.4, -0.2) is 43.2 Å². The van der Waals surface area contributed by atoms with Crippen LogP contribution >= 0.6 is 0 Å². The first-order valence-corrected chi connectivity index (χ1v) is 11.2. The summed E-state index contributed by atoms with van der Waals surface area (Å²) < 4.78 is 31.5. The Morgan fingerprint density at radius 2 is 1.74 bits per heavy atom. The Kier molecular flexibility index (Phi) is 6.85. The van der Waals surface area contributed by atoms with Crippen molar-refractivity contribution < 1.29 is 13.2 Å². The van der Waals surface area contributed by atoms with E-state index in [2.05, 4.69) is 16.8 Å². The number of aromatic nitrogens is 1. The van der Waals surface area contributed by atoms with Crippen molar-refractivity contribution in [2.75, 3.05) is 19.7 Å². The lowest BCUT2D eigenvalue weighted by Crippen LogP contribution is -2.38. The van der Waals surface area contributed by atoms with Gasteiger partial charge in [0.1, 0.15) is 5.75 Å². The van der Waals surface area contributed by atoms with Crippen molar-refractivity contribution in [2.45, 2.75) is 49.3 Å². The van der Waals surface area contributed by atoms with Gasteiger partial charge in [-0.05, 0) is 74.3 Å². The molecule has 5 nitrogen and oxygen atoms in total. The fraction of sp³-hybridized carbons (Fsp3) is 0.476. The van der Waals surface area contributed by atoms with Gasteiger partial charge in [0.15, 0.2) is 9.84 Å². The molecule has 0 saturated carbocycles. The molecule has 2 aromatic rings. The van der Waals surface area contributed by atoms with Crippen molar-refractivity contribution in [3.8, 4) is 5.75 Å². The third kappa shape index (κ3) is 5.30. The third-order valence-corrected chi connectivity index (χ3v) is 7.33. The van der Waals surface area contributed by atoms with Crippen molar-refractivity contribution in [2.24, 2.45) is 0 Å². The SMILES string of the molecule is CCCCOc1ccc(S(=O)(=O)C2CCN(Cc3ccncc3)CC2)cc1. The number of pyridine rings is 1. The zero-order chi connectivity index (χ0) is 19.1. The third-order valence-electron chi connectivity index (χ3n) is 5.05. The molecular weight excluding hydrogens is 360 g/mol. The maximum Gasteiger partial charge on any atom is 0.181 e. The molecular formula is C21H28N2O3S. The number of nitrogens with zero attached hydrogens (tertiary/aromatic N) is 2. The van der Waals surface area contributed by atoms with E-state index in [-0.39, 0.29) is 5.25 Å². The molecule has 6 heteroatoms. The normalized spacial score (nSPS) is 16.3. The number of hydrogen-bond acceptors (Lipinski definition) is 5. The van der Waals surface area contributed by atoms with Crippen LogP contribution in [0.2, 0.25) is 0 Å². The molecule has 0 radical (unpaired) electrons. The molecule has 0 spiro atoms. The number of benzene rings is 1. The maximum atomic E-state index is 13.0. The molecule has 0 aliphatic carbocycles. The minimum absolute atomic E-state index is 0.307. The van der Waals surface area contributed by atoms with Gasteiger partial charge >= 0.3 is 0 Å². The first-order valence-electron chi connectivity index (χ1n) is 9.67. The van der Waals surface area contributed by atoms with Gasteiger partial charge in [-0.2, -0.15) is 0 Å². The summed E-state index contributed by atoms with van der Waals surface area (Å²) >= 11 is 0. The van der Waals surface area contributed by atoms with Crippen LogP contribution in [0.1, 0.15) is 38.2 Å². The molecule has 27 heavy (non-hydrogen) atoms. The Hall–Kier alpha value is -1.92. The van der Waals surface area contributed by atoms with Crippen LogP contribution in [0, 0.1) is 0 Å². The van der Waals surface area contributed by atoms with E-state index >= 15 is 0 Å². The minimum atomic E-state index is -3.29. The van der Waals surface area contributed by atoms with Gasteiger partial charge in [-0.3, -0.25) is 9.88 Å². The molecule has 0 unspecified atom stereocenters. The van der Waals surface area contributed by atoms with Crippen molar-refractivity contribution >= 4 is 9.84 Å². The lowest BCUT2D eigenvalue weighted by Gasteiger charge is -2.31. The number of hydrogen-bond donors (Lipinski definition) is 0. The van der Waals surface area contributed by atoms with Gasteiger partial charge in [-0.1, -0.05) is 13.3 Å². The van der Waals surface area contributed by atoms with Crippen molar-refractivity contribution in [3.63, 3.8) is 0 Å². The zero-order valence-electron chi connectivity index (χ0n) is 15.9. The largest absolute Gasteiger partial charge is 0.494 e. The Morgan fingerprint density at radius 3 is 2.37 bits per heavy atom. The smallest absolute Gasteiger partial charge is 0.181 e. The number of rotatable bonds is 8. The molecule has 0 atom stereocenters. The van der Waals surface area contributed by atoms with E-state index < -0.39 is 9.84 Å². The number of likely N-dealkylation sites (tertiary alicyclic amines) is 1. The zero-order valence-corrected chi connectivity index (χ0v) is 16.7. The molecule has 1 aromatic heterocycles. The van der Waals surface area contributed by atoms with Gasteiger partial charge in [0.25, 0.3) is 0 Å². The van der Waals surface area contributed by atoms with E-state index in [1.165, 1.54) is 5.56 Å². The molecule has 1 aliphatic rings. The molecule has 3 rings (SSSR count). The second-order valence-electron chi connectivity index (χ2n) is 7.05. The van der Waals surface area contributed by atoms with E-state index in [9.17, 15) is 8.42 Å². The predicted molar refractivity (Wildman–Crippen MR) is 107 cm³/mol. The van der Waals surface area contributed by atoms with Crippen molar-refractivity contribution in [1.29, 1.82) is 0 Å². The first kappa shape index (κ1) is 19.8. The fourth-order valence-electron chi connectivity index (χ4n) is 3.38. The van der Waals surface area contributed by atoms with Gasteiger partial charge in [-0.15, -0.1) is 0 Å². The summed E-state index contributed by atoms with van der Waals surface area (Å²) in [7, 11) is -3.29. The van der Waals surface area contributed by atoms with Crippen LogP contribution in [-0.2, 0) is 16.4 Å². The highest BCUT2D eigenvalue weighted by molar-refractivity contribution is 7.92. The van der Waals surface area contributed by atoms with Crippen LogP contribution < -0.4 is 4.74 Å². The van der Waals surface area contributed by atoms with Crippen molar-refractivity contribution in [1.82, 2.24) is 9.88 Å². The molecule has 1 fully saturated rings. The van der Waals surface area contributed by atoms with E-state index in [1.54, 1.807) is 36.7 Å². The average Bonchev–Trinajstić information content (AvgIpc) is 2.70. The van der Waals surface area contributed by atoms with E-state index in [0.717, 1.165) is 38.2 Å². The van der Waals surface area contributed by atoms with Gasteiger partial charge in [0.05, 0.1) is 16.8 Å². The Morgan fingerprint density at radius 1 is 1.07 bits per heavy atom. The molecule has 146 valence electrons. The van der Waals surface area contributed by atoms with E-state index in [1.807, 2.05) is 12.1 Å². The van der Waals surface area contributed by atoms with E-state index in [4.69, 9.17) is 4.74 Å². The second-order valence-corrected chi connectivity index (χ2v) is 9.28. The number of sulfone groups is 1. The monoisotopic (exact) mass is 388 g/mol. The van der Waals surface area contributed by atoms with Crippen LogP contribution in [0.3, 0.4) is 0 Å². The minimum Gasteiger partial charge on any atom is -0.494 e. The molecule has 2 heterocycles. The summed E-state index contributed by atoms with van der Waals surface area (Å²) in [6, 6.07) is 10.9. The molecule has 0 bridgehead atoms. The topological polar surface area (TPSA) is 59.5 Å². The first-order chi connectivity index (χ1) is 13.1. The van der Waals surface area contributed by atoms with Crippen molar-refractivity contribution in [3.05, 3.63) is 54.4 Å². The lowest BCUT2D eigenvalue weighted by atomic mass is 10.1. The Labute approximate surface area is 162 Å². The second kappa shape index (κ2) is 9.33. The van der Waals surface area contributed by atoms with Gasteiger partial charge < -0.3 is 4.74 Å². The molecule has 1 saturated heterocycles. The number of unbranched alkanes of at least 4 members (excludes halogenated alkanes) is 1. The molecule has 0 N–H and O–H groups in total. The summed E-state index contributed by atoms with van der Waals surface area (Å²) in [5, 5.41) is -0.307. The van der Waals surface area contributed by atoms with Crippen LogP contribution in [0.4, 0.5) is 0 Å². The molecule has 0 amide bonds. The maximum absolute atomic E-state index is 13.0. The molecule has 1 aromatic carbocycles. The summed E-state index contributed by atoms with van der Waals surface area (Å²) in [4.78, 5) is 6.75. The molecule has 1 aliphatic heterocycles. The predicted octanol–water partition coefficient (Wildman–Crippen LogP) is 3.70. The highest BCUT2D eigenvalue weighted by Crippen LogP contribution is 2.26. The summed E-state index contributed by atoms with van der Waals surface area (Å²) in [6.07, 6.45) is 7.00.